The van der Waals surface area contributed by atoms with Crippen molar-refractivity contribution in [3.05, 3.63) is 77.7 Å². The number of hydrogen-bond acceptors (Lipinski definition) is 7. The van der Waals surface area contributed by atoms with Gasteiger partial charge in [-0.15, -0.1) is 0 Å². The van der Waals surface area contributed by atoms with Crippen molar-refractivity contribution in [1.29, 1.82) is 0 Å². The van der Waals surface area contributed by atoms with Gasteiger partial charge >= 0.3 is 0 Å². The smallest absolute Gasteiger partial charge is 0.270 e. The molecule has 1 fully saturated rings. The number of carbonyl (C=O) groups excluding carboxylic acids is 2. The van der Waals surface area contributed by atoms with Crippen LogP contribution in [0.3, 0.4) is 0 Å². The van der Waals surface area contributed by atoms with E-state index in [4.69, 9.17) is 9.47 Å². The summed E-state index contributed by atoms with van der Waals surface area (Å²) in [5, 5.41) is 12.9. The normalized spacial score (nSPS) is 18.1. The molecule has 1 atom stereocenters. The van der Waals surface area contributed by atoms with Gasteiger partial charge in [0.25, 0.3) is 5.91 Å². The maximum atomic E-state index is 13.2. The highest BCUT2D eigenvalue weighted by atomic mass is 16.5. The molecule has 0 aliphatic carbocycles. The fourth-order valence-electron chi connectivity index (χ4n) is 3.93. The highest BCUT2D eigenvalue weighted by Crippen LogP contribution is 2.25. The molecule has 36 heavy (non-hydrogen) atoms. The Hall–Kier alpha value is -4.26. The topological polar surface area (TPSA) is 114 Å². The van der Waals surface area contributed by atoms with Crippen LogP contribution in [0.15, 0.2) is 60.8 Å². The Morgan fingerprint density at radius 3 is 2.75 bits per heavy atom. The predicted octanol–water partition coefficient (Wildman–Crippen LogP) is 2.09. The van der Waals surface area contributed by atoms with Crippen molar-refractivity contribution in [2.45, 2.75) is 24.5 Å². The molecule has 2 aliphatic rings. The van der Waals surface area contributed by atoms with E-state index in [-0.39, 0.29) is 24.8 Å². The first-order chi connectivity index (χ1) is 17.4. The number of aromatic nitrogens is 2. The van der Waals surface area contributed by atoms with Crippen LogP contribution < -0.4 is 15.0 Å². The number of nitrogens with one attached hydrogen (secondary N) is 1. The second-order valence-electron chi connectivity index (χ2n) is 8.71. The van der Waals surface area contributed by atoms with Crippen molar-refractivity contribution < 1.29 is 24.2 Å². The van der Waals surface area contributed by atoms with Crippen molar-refractivity contribution in [3.8, 4) is 23.3 Å². The molecule has 2 aromatic heterocycles. The molecule has 2 N–H and O–H groups in total. The van der Waals surface area contributed by atoms with Crippen molar-refractivity contribution in [1.82, 2.24) is 15.3 Å². The lowest BCUT2D eigenvalue weighted by Gasteiger charge is -2.30. The summed E-state index contributed by atoms with van der Waals surface area (Å²) >= 11 is 0. The van der Waals surface area contributed by atoms with Crippen molar-refractivity contribution >= 4 is 17.6 Å². The molecule has 5 rings (SSSR count). The molecule has 3 aromatic rings. The van der Waals surface area contributed by atoms with Gasteiger partial charge in [0.1, 0.15) is 34.7 Å². The number of ether oxygens (including phenoxy) is 2. The number of amides is 2. The van der Waals surface area contributed by atoms with E-state index in [1.165, 1.54) is 17.2 Å². The monoisotopic (exact) mass is 484 g/mol. The lowest BCUT2D eigenvalue weighted by atomic mass is 10.0. The van der Waals surface area contributed by atoms with Gasteiger partial charge in [-0.3, -0.25) is 19.5 Å². The molecule has 1 saturated heterocycles. The zero-order valence-corrected chi connectivity index (χ0v) is 19.6. The number of hydrogen-bond donors (Lipinski definition) is 2. The van der Waals surface area contributed by atoms with Crippen molar-refractivity contribution in [3.63, 3.8) is 0 Å². The third-order valence-electron chi connectivity index (χ3n) is 5.96. The third-order valence-corrected chi connectivity index (χ3v) is 5.96. The summed E-state index contributed by atoms with van der Waals surface area (Å²) in [7, 11) is 1.62. The van der Waals surface area contributed by atoms with E-state index in [0.29, 0.717) is 35.9 Å². The van der Waals surface area contributed by atoms with Crippen LogP contribution in [0.1, 0.15) is 28.2 Å². The van der Waals surface area contributed by atoms with Gasteiger partial charge in [0.2, 0.25) is 5.91 Å². The van der Waals surface area contributed by atoms with E-state index in [9.17, 15) is 14.7 Å². The van der Waals surface area contributed by atoms with Crippen LogP contribution in [0.5, 0.6) is 11.5 Å². The van der Waals surface area contributed by atoms with Gasteiger partial charge in [-0.25, -0.2) is 4.98 Å². The molecule has 2 aliphatic heterocycles. The summed E-state index contributed by atoms with van der Waals surface area (Å²) in [6.07, 6.45) is 2.44. The van der Waals surface area contributed by atoms with Gasteiger partial charge in [-0.05, 0) is 48.6 Å². The number of pyridine rings is 2. The number of nitrogens with zero attached hydrogens (tertiary/aromatic N) is 3. The number of aryl methyl sites for hydroxylation is 1. The van der Waals surface area contributed by atoms with Gasteiger partial charge in [0, 0.05) is 19.3 Å². The van der Waals surface area contributed by atoms with Crippen LogP contribution in [0.25, 0.3) is 0 Å². The predicted molar refractivity (Wildman–Crippen MR) is 131 cm³/mol. The highest BCUT2D eigenvalue weighted by molar-refractivity contribution is 6.02. The van der Waals surface area contributed by atoms with Crippen LogP contribution in [0.4, 0.5) is 5.82 Å². The minimum absolute atomic E-state index is 0.147. The molecule has 182 valence electrons. The first-order valence-electron chi connectivity index (χ1n) is 11.5. The molecule has 2 amide bonds. The van der Waals surface area contributed by atoms with Crippen molar-refractivity contribution in [2.75, 3.05) is 25.2 Å². The van der Waals surface area contributed by atoms with E-state index in [2.05, 4.69) is 27.1 Å². The summed E-state index contributed by atoms with van der Waals surface area (Å²) in [5.74, 6) is 6.46. The molecular formula is C27H24N4O5. The number of benzene rings is 1. The molecule has 9 nitrogen and oxygen atoms in total. The second-order valence-corrected chi connectivity index (χ2v) is 8.71. The SMILES string of the molecule is CN1C(=O)[C@@H](NC(=O)c2cc(Oc3ccccc3)ccn2)CCc2ccc(C#CC3(O)COC3)nc21. The standard InChI is InChI=1S/C27H24N4O5/c1-31-24-18(7-9-19(29-24)11-13-27(34)16-35-17-27)8-10-22(26(31)33)30-25(32)23-15-21(12-14-28-23)36-20-5-3-2-4-6-20/h2-7,9,12,14-15,22,34H,8,10,16-17H2,1H3,(H,30,32)/t22-/m0/s1. The number of likely N-dealkylation sites (N-methyl/N-ethyl adjacent to an activating group) is 1. The summed E-state index contributed by atoms with van der Waals surface area (Å²) in [6.45, 7) is 0.335. The quantitative estimate of drug-likeness (QED) is 0.545. The van der Waals surface area contributed by atoms with Crippen LogP contribution in [-0.4, -0.2) is 58.8 Å². The van der Waals surface area contributed by atoms with E-state index in [1.807, 2.05) is 36.4 Å². The van der Waals surface area contributed by atoms with Gasteiger partial charge in [0.15, 0.2) is 5.60 Å². The molecule has 4 heterocycles. The summed E-state index contributed by atoms with van der Waals surface area (Å²) < 4.78 is 10.8. The Labute approximate surface area is 208 Å². The Kier molecular flexibility index (Phi) is 6.38. The van der Waals surface area contributed by atoms with Crippen LogP contribution >= 0.6 is 0 Å². The zero-order valence-electron chi connectivity index (χ0n) is 19.6. The molecule has 0 bridgehead atoms. The summed E-state index contributed by atoms with van der Waals surface area (Å²) in [5.41, 5.74) is 0.309. The number of fused-ring (bicyclic) bond motifs is 1. The summed E-state index contributed by atoms with van der Waals surface area (Å²) in [6, 6.07) is 15.3. The maximum absolute atomic E-state index is 13.2. The number of rotatable bonds is 4. The first-order valence-corrected chi connectivity index (χ1v) is 11.5. The van der Waals surface area contributed by atoms with Gasteiger partial charge in [-0.2, -0.15) is 0 Å². The maximum Gasteiger partial charge on any atom is 0.270 e. The lowest BCUT2D eigenvalue weighted by Crippen LogP contribution is -2.48. The Morgan fingerprint density at radius 1 is 1.19 bits per heavy atom. The Morgan fingerprint density at radius 2 is 2.00 bits per heavy atom. The third kappa shape index (κ3) is 5.05. The average molecular weight is 485 g/mol. The molecule has 0 saturated carbocycles. The fourth-order valence-corrected chi connectivity index (χ4v) is 3.93. The second kappa shape index (κ2) is 9.77. The van der Waals surface area contributed by atoms with Gasteiger partial charge in [0.05, 0.1) is 13.2 Å². The Balaban J connectivity index is 1.29. The fraction of sp³-hybridized carbons (Fsp3) is 0.259. The first kappa shape index (κ1) is 23.5. The largest absolute Gasteiger partial charge is 0.457 e. The minimum atomic E-state index is -1.15. The Bertz CT molecular complexity index is 1360. The average Bonchev–Trinajstić information content (AvgIpc) is 2.99. The number of carbonyl (C=O) groups is 2. The van der Waals surface area contributed by atoms with Crippen molar-refractivity contribution in [2.24, 2.45) is 0 Å². The van der Waals surface area contributed by atoms with E-state index in [1.54, 1.807) is 19.2 Å². The molecular weight excluding hydrogens is 460 g/mol. The summed E-state index contributed by atoms with van der Waals surface area (Å²) in [4.78, 5) is 36.3. The molecule has 0 radical (unpaired) electrons. The molecule has 0 spiro atoms. The zero-order chi connectivity index (χ0) is 25.1. The molecule has 9 heteroatoms. The highest BCUT2D eigenvalue weighted by Gasteiger charge is 2.34. The number of aliphatic hydroxyl groups is 1. The van der Waals surface area contributed by atoms with E-state index >= 15 is 0 Å². The molecule has 0 unspecified atom stereocenters. The lowest BCUT2D eigenvalue weighted by molar-refractivity contribution is -0.140. The minimum Gasteiger partial charge on any atom is -0.457 e. The van der Waals surface area contributed by atoms with Crippen LogP contribution in [0, 0.1) is 11.8 Å². The van der Waals surface area contributed by atoms with Crippen LogP contribution in [-0.2, 0) is 16.0 Å². The number of para-hydroxylation sites is 1. The van der Waals surface area contributed by atoms with Crippen LogP contribution in [0.2, 0.25) is 0 Å². The van der Waals surface area contributed by atoms with E-state index < -0.39 is 17.6 Å². The van der Waals surface area contributed by atoms with Gasteiger partial charge in [-0.1, -0.05) is 30.2 Å². The van der Waals surface area contributed by atoms with Gasteiger partial charge < -0.3 is 19.9 Å². The van der Waals surface area contributed by atoms with E-state index in [0.717, 1.165) is 5.56 Å². The number of anilines is 1. The molecule has 1 aromatic carbocycles.